The number of hydrogen-bond acceptors (Lipinski definition) is 3. The first kappa shape index (κ1) is 17.3. The molecule has 1 aromatic carbocycles. The monoisotopic (exact) mass is 323 g/mol. The van der Waals surface area contributed by atoms with E-state index in [1.807, 2.05) is 38.1 Å². The Labute approximate surface area is 138 Å². The number of amides is 1. The van der Waals surface area contributed by atoms with Gasteiger partial charge in [0.05, 0.1) is 5.41 Å². The minimum Gasteiger partial charge on any atom is -0.355 e. The number of piperazine rings is 1. The molecule has 4 nitrogen and oxygen atoms in total. The molecule has 1 heterocycles. The summed E-state index contributed by atoms with van der Waals surface area (Å²) in [5.74, 6) is 0.0649. The van der Waals surface area contributed by atoms with Crippen LogP contribution in [-0.4, -0.2) is 50.1 Å². The normalized spacial score (nSPS) is 16.5. The zero-order chi connectivity index (χ0) is 16.0. The van der Waals surface area contributed by atoms with Crippen molar-refractivity contribution in [1.29, 1.82) is 0 Å². The van der Waals surface area contributed by atoms with Gasteiger partial charge in [0.2, 0.25) is 5.91 Å². The van der Waals surface area contributed by atoms with E-state index in [-0.39, 0.29) is 5.91 Å². The molecule has 1 aliphatic rings. The largest absolute Gasteiger partial charge is 0.355 e. The molecule has 1 aliphatic heterocycles. The Morgan fingerprint density at radius 2 is 1.91 bits per heavy atom. The van der Waals surface area contributed by atoms with E-state index >= 15 is 0 Å². The van der Waals surface area contributed by atoms with Gasteiger partial charge in [-0.1, -0.05) is 23.7 Å². The molecule has 1 amide bonds. The fourth-order valence-corrected chi connectivity index (χ4v) is 2.78. The van der Waals surface area contributed by atoms with E-state index in [4.69, 9.17) is 11.6 Å². The Balaban J connectivity index is 1.76. The van der Waals surface area contributed by atoms with Gasteiger partial charge in [-0.3, -0.25) is 4.79 Å². The molecule has 1 saturated heterocycles. The third-order valence-electron chi connectivity index (χ3n) is 4.28. The highest BCUT2D eigenvalue weighted by atomic mass is 35.5. The average Bonchev–Trinajstić information content (AvgIpc) is 2.52. The second-order valence-corrected chi connectivity index (χ2v) is 6.77. The predicted molar refractivity (Wildman–Crippen MR) is 91.4 cm³/mol. The standard InChI is InChI=1S/C17H26ClN3O/c1-17(2,14-4-6-15(18)7-5-14)16(22)20-8-3-11-21-12-9-19-10-13-21/h4-7,19H,3,8-13H2,1-2H3,(H,20,22). The zero-order valence-electron chi connectivity index (χ0n) is 13.5. The van der Waals surface area contributed by atoms with Crippen LogP contribution in [0.1, 0.15) is 25.8 Å². The first-order valence-electron chi connectivity index (χ1n) is 7.97. The van der Waals surface area contributed by atoms with Crippen molar-refractivity contribution in [2.24, 2.45) is 0 Å². The van der Waals surface area contributed by atoms with Gasteiger partial charge in [-0.25, -0.2) is 0 Å². The van der Waals surface area contributed by atoms with Crippen molar-refractivity contribution < 1.29 is 4.79 Å². The highest BCUT2D eigenvalue weighted by molar-refractivity contribution is 6.30. The third kappa shape index (κ3) is 4.70. The fourth-order valence-electron chi connectivity index (χ4n) is 2.66. The molecule has 1 fully saturated rings. The van der Waals surface area contributed by atoms with E-state index in [0.29, 0.717) is 5.02 Å². The Kier molecular flexibility index (Phi) is 6.24. The number of benzene rings is 1. The Morgan fingerprint density at radius 1 is 1.27 bits per heavy atom. The van der Waals surface area contributed by atoms with Crippen LogP contribution in [0, 0.1) is 0 Å². The molecule has 2 rings (SSSR count). The molecule has 2 N–H and O–H groups in total. The summed E-state index contributed by atoms with van der Waals surface area (Å²) in [6.07, 6.45) is 0.989. The molecule has 0 aliphatic carbocycles. The molecule has 1 aromatic rings. The summed E-state index contributed by atoms with van der Waals surface area (Å²) >= 11 is 5.91. The van der Waals surface area contributed by atoms with Crippen LogP contribution in [0.5, 0.6) is 0 Å². The molecule has 122 valence electrons. The maximum absolute atomic E-state index is 12.4. The molecule has 5 heteroatoms. The summed E-state index contributed by atoms with van der Waals surface area (Å²) < 4.78 is 0. The van der Waals surface area contributed by atoms with Gasteiger partial charge in [0.15, 0.2) is 0 Å². The average molecular weight is 324 g/mol. The zero-order valence-corrected chi connectivity index (χ0v) is 14.2. The molecule has 0 unspecified atom stereocenters. The molecule has 0 spiro atoms. The van der Waals surface area contributed by atoms with Crippen LogP contribution in [0.4, 0.5) is 0 Å². The molecule has 0 saturated carbocycles. The lowest BCUT2D eigenvalue weighted by Crippen LogP contribution is -2.45. The minimum absolute atomic E-state index is 0.0649. The SMILES string of the molecule is CC(C)(C(=O)NCCCN1CCNCC1)c1ccc(Cl)cc1. The maximum Gasteiger partial charge on any atom is 0.230 e. The second kappa shape index (κ2) is 7.95. The third-order valence-corrected chi connectivity index (χ3v) is 4.53. The lowest BCUT2D eigenvalue weighted by Gasteiger charge is -2.28. The highest BCUT2D eigenvalue weighted by Gasteiger charge is 2.29. The van der Waals surface area contributed by atoms with Crippen LogP contribution < -0.4 is 10.6 Å². The summed E-state index contributed by atoms with van der Waals surface area (Å²) in [6.45, 7) is 9.99. The van der Waals surface area contributed by atoms with Gasteiger partial charge in [0.1, 0.15) is 0 Å². The fraction of sp³-hybridized carbons (Fsp3) is 0.588. The predicted octanol–water partition coefficient (Wildman–Crippen LogP) is 2.03. The van der Waals surface area contributed by atoms with Gasteiger partial charge in [-0.05, 0) is 44.5 Å². The molecule has 0 aromatic heterocycles. The molecular formula is C17H26ClN3O. The molecule has 0 bridgehead atoms. The van der Waals surface area contributed by atoms with Crippen molar-refractivity contribution in [3.05, 3.63) is 34.9 Å². The minimum atomic E-state index is -0.542. The van der Waals surface area contributed by atoms with Crippen LogP contribution in [0.3, 0.4) is 0 Å². The topological polar surface area (TPSA) is 44.4 Å². The van der Waals surface area contributed by atoms with Gasteiger partial charge >= 0.3 is 0 Å². The van der Waals surface area contributed by atoms with Crippen molar-refractivity contribution in [2.45, 2.75) is 25.7 Å². The quantitative estimate of drug-likeness (QED) is 0.787. The summed E-state index contributed by atoms with van der Waals surface area (Å²) in [6, 6.07) is 7.50. The van der Waals surface area contributed by atoms with Crippen molar-refractivity contribution >= 4 is 17.5 Å². The molecule has 0 radical (unpaired) electrons. The van der Waals surface area contributed by atoms with Crippen LogP contribution in [0.25, 0.3) is 0 Å². The maximum atomic E-state index is 12.4. The molecule has 0 atom stereocenters. The summed E-state index contributed by atoms with van der Waals surface area (Å²) in [5, 5.41) is 7.10. The van der Waals surface area contributed by atoms with Crippen molar-refractivity contribution in [2.75, 3.05) is 39.3 Å². The van der Waals surface area contributed by atoms with Crippen molar-refractivity contribution in [3.63, 3.8) is 0 Å². The number of rotatable bonds is 6. The first-order chi connectivity index (χ1) is 10.5. The van der Waals surface area contributed by atoms with E-state index in [2.05, 4.69) is 15.5 Å². The van der Waals surface area contributed by atoms with Crippen LogP contribution in [0.15, 0.2) is 24.3 Å². The van der Waals surface area contributed by atoms with Gasteiger partial charge < -0.3 is 15.5 Å². The van der Waals surface area contributed by atoms with E-state index in [9.17, 15) is 4.79 Å². The number of nitrogens with zero attached hydrogens (tertiary/aromatic N) is 1. The summed E-state index contributed by atoms with van der Waals surface area (Å²) in [7, 11) is 0. The van der Waals surface area contributed by atoms with Gasteiger partial charge in [-0.15, -0.1) is 0 Å². The lowest BCUT2D eigenvalue weighted by molar-refractivity contribution is -0.125. The lowest BCUT2D eigenvalue weighted by atomic mass is 9.84. The van der Waals surface area contributed by atoms with Crippen LogP contribution in [-0.2, 0) is 10.2 Å². The number of carbonyl (C=O) groups excluding carboxylic acids is 1. The highest BCUT2D eigenvalue weighted by Crippen LogP contribution is 2.24. The van der Waals surface area contributed by atoms with Gasteiger partial charge in [0, 0.05) is 37.7 Å². The van der Waals surface area contributed by atoms with Gasteiger partial charge in [-0.2, -0.15) is 0 Å². The van der Waals surface area contributed by atoms with E-state index < -0.39 is 5.41 Å². The first-order valence-corrected chi connectivity index (χ1v) is 8.35. The van der Waals surface area contributed by atoms with E-state index in [1.165, 1.54) is 0 Å². The number of carbonyl (C=O) groups is 1. The number of nitrogens with one attached hydrogen (secondary N) is 2. The van der Waals surface area contributed by atoms with Crippen molar-refractivity contribution in [1.82, 2.24) is 15.5 Å². The van der Waals surface area contributed by atoms with Crippen LogP contribution >= 0.6 is 11.6 Å². The number of hydrogen-bond donors (Lipinski definition) is 2. The Bertz CT molecular complexity index is 481. The van der Waals surface area contributed by atoms with E-state index in [0.717, 1.165) is 51.3 Å². The smallest absolute Gasteiger partial charge is 0.230 e. The molecule has 22 heavy (non-hydrogen) atoms. The van der Waals surface area contributed by atoms with Gasteiger partial charge in [0.25, 0.3) is 0 Å². The van der Waals surface area contributed by atoms with E-state index in [1.54, 1.807) is 0 Å². The number of halogens is 1. The second-order valence-electron chi connectivity index (χ2n) is 6.33. The van der Waals surface area contributed by atoms with Crippen LogP contribution in [0.2, 0.25) is 5.02 Å². The summed E-state index contributed by atoms with van der Waals surface area (Å²) in [4.78, 5) is 14.9. The Morgan fingerprint density at radius 3 is 2.55 bits per heavy atom. The Hall–Kier alpha value is -1.10. The molecular weight excluding hydrogens is 298 g/mol. The summed E-state index contributed by atoms with van der Waals surface area (Å²) in [5.41, 5.74) is 0.441. The van der Waals surface area contributed by atoms with Crippen molar-refractivity contribution in [3.8, 4) is 0 Å².